The third kappa shape index (κ3) is 2.78. The number of amides is 1. The number of halogens is 2. The van der Waals surface area contributed by atoms with Crippen LogP contribution in [0.5, 0.6) is 0 Å². The van der Waals surface area contributed by atoms with Crippen LogP contribution in [0.25, 0.3) is 10.8 Å². The number of fused-ring (bicyclic) bond motifs is 1. The lowest BCUT2D eigenvalue weighted by Gasteiger charge is -2.08. The van der Waals surface area contributed by atoms with Gasteiger partial charge in [-0.25, -0.2) is 9.37 Å². The van der Waals surface area contributed by atoms with Gasteiger partial charge in [0.15, 0.2) is 0 Å². The SMILES string of the molecule is O=C(Nc1cc(Br)ccn1)c1ccc(F)c2ccccc12. The molecule has 3 aromatic rings. The van der Waals surface area contributed by atoms with E-state index in [1.165, 1.54) is 12.1 Å². The molecule has 0 saturated heterocycles. The Morgan fingerprint density at radius 3 is 2.62 bits per heavy atom. The van der Waals surface area contributed by atoms with E-state index >= 15 is 0 Å². The lowest BCUT2D eigenvalue weighted by Crippen LogP contribution is -2.13. The van der Waals surface area contributed by atoms with Crippen LogP contribution in [0.3, 0.4) is 0 Å². The van der Waals surface area contributed by atoms with Crippen molar-refractivity contribution in [2.75, 3.05) is 5.32 Å². The van der Waals surface area contributed by atoms with Gasteiger partial charge in [0.1, 0.15) is 11.6 Å². The number of nitrogens with zero attached hydrogens (tertiary/aromatic N) is 1. The normalized spacial score (nSPS) is 10.6. The molecular weight excluding hydrogens is 335 g/mol. The van der Waals surface area contributed by atoms with Crippen molar-refractivity contribution in [1.82, 2.24) is 4.98 Å². The van der Waals surface area contributed by atoms with E-state index in [1.807, 2.05) is 0 Å². The van der Waals surface area contributed by atoms with Crippen LogP contribution >= 0.6 is 15.9 Å². The summed E-state index contributed by atoms with van der Waals surface area (Å²) in [4.78, 5) is 16.4. The van der Waals surface area contributed by atoms with Gasteiger partial charge in [-0.2, -0.15) is 0 Å². The summed E-state index contributed by atoms with van der Waals surface area (Å²) in [7, 11) is 0. The lowest BCUT2D eigenvalue weighted by atomic mass is 10.0. The number of hydrogen-bond donors (Lipinski definition) is 1. The summed E-state index contributed by atoms with van der Waals surface area (Å²) in [6.07, 6.45) is 1.59. The first kappa shape index (κ1) is 13.7. The molecule has 0 fully saturated rings. The quantitative estimate of drug-likeness (QED) is 0.749. The highest BCUT2D eigenvalue weighted by Gasteiger charge is 2.13. The maximum absolute atomic E-state index is 13.8. The van der Waals surface area contributed by atoms with Gasteiger partial charge in [0.05, 0.1) is 0 Å². The first-order valence-corrected chi connectivity index (χ1v) is 7.04. The molecule has 104 valence electrons. The van der Waals surface area contributed by atoms with Gasteiger partial charge >= 0.3 is 0 Å². The summed E-state index contributed by atoms with van der Waals surface area (Å²) in [5.41, 5.74) is 0.411. The third-order valence-electron chi connectivity index (χ3n) is 3.08. The maximum Gasteiger partial charge on any atom is 0.257 e. The lowest BCUT2D eigenvalue weighted by molar-refractivity contribution is 0.102. The molecule has 0 atom stereocenters. The van der Waals surface area contributed by atoms with E-state index in [-0.39, 0.29) is 11.7 Å². The third-order valence-corrected chi connectivity index (χ3v) is 3.57. The fraction of sp³-hybridized carbons (Fsp3) is 0. The van der Waals surface area contributed by atoms with E-state index < -0.39 is 0 Å². The molecule has 1 heterocycles. The fourth-order valence-electron chi connectivity index (χ4n) is 2.12. The number of benzene rings is 2. The molecule has 3 rings (SSSR count). The molecule has 2 aromatic carbocycles. The van der Waals surface area contributed by atoms with Crippen molar-refractivity contribution in [2.45, 2.75) is 0 Å². The van der Waals surface area contributed by atoms with Crippen LogP contribution in [-0.4, -0.2) is 10.9 Å². The van der Waals surface area contributed by atoms with E-state index in [0.29, 0.717) is 22.2 Å². The van der Waals surface area contributed by atoms with Crippen molar-refractivity contribution in [3.05, 3.63) is 70.6 Å². The van der Waals surface area contributed by atoms with Crippen LogP contribution < -0.4 is 5.32 Å². The Bertz CT molecular complexity index is 835. The summed E-state index contributed by atoms with van der Waals surface area (Å²) in [6, 6.07) is 13.1. The van der Waals surface area contributed by atoms with Gasteiger partial charge in [-0.1, -0.05) is 40.2 Å². The molecule has 0 bridgehead atoms. The minimum atomic E-state index is -0.345. The molecule has 5 heteroatoms. The molecule has 0 spiro atoms. The Kier molecular flexibility index (Phi) is 3.66. The average Bonchev–Trinajstić information content (AvgIpc) is 2.48. The van der Waals surface area contributed by atoms with Crippen LogP contribution in [-0.2, 0) is 0 Å². The first-order chi connectivity index (χ1) is 10.1. The van der Waals surface area contributed by atoms with Gasteiger partial charge in [-0.3, -0.25) is 4.79 Å². The van der Waals surface area contributed by atoms with Crippen LogP contribution in [0.1, 0.15) is 10.4 Å². The summed E-state index contributed by atoms with van der Waals surface area (Å²) < 4.78 is 14.6. The predicted molar refractivity (Wildman–Crippen MR) is 83.8 cm³/mol. The second kappa shape index (κ2) is 5.61. The zero-order valence-corrected chi connectivity index (χ0v) is 12.4. The molecule has 21 heavy (non-hydrogen) atoms. The molecule has 1 N–H and O–H groups in total. The van der Waals surface area contributed by atoms with Crippen LogP contribution in [0.4, 0.5) is 10.2 Å². The van der Waals surface area contributed by atoms with Crippen molar-refractivity contribution in [3.8, 4) is 0 Å². The number of anilines is 1. The molecule has 0 unspecified atom stereocenters. The number of rotatable bonds is 2. The minimum absolute atomic E-state index is 0.322. The highest BCUT2D eigenvalue weighted by atomic mass is 79.9. The highest BCUT2D eigenvalue weighted by Crippen LogP contribution is 2.23. The molecule has 0 aliphatic rings. The fourth-order valence-corrected chi connectivity index (χ4v) is 2.45. The van der Waals surface area contributed by atoms with Gasteiger partial charge in [-0.05, 0) is 29.7 Å². The Morgan fingerprint density at radius 1 is 1.10 bits per heavy atom. The van der Waals surface area contributed by atoms with Gasteiger partial charge in [0, 0.05) is 21.6 Å². The summed E-state index contributed by atoms with van der Waals surface area (Å²) >= 11 is 3.32. The van der Waals surface area contributed by atoms with E-state index in [4.69, 9.17) is 0 Å². The average molecular weight is 345 g/mol. The van der Waals surface area contributed by atoms with Gasteiger partial charge in [-0.15, -0.1) is 0 Å². The predicted octanol–water partition coefficient (Wildman–Crippen LogP) is 4.39. The number of carbonyl (C=O) groups is 1. The zero-order chi connectivity index (χ0) is 14.8. The summed E-state index contributed by atoms with van der Waals surface area (Å²) in [5, 5.41) is 3.71. The number of pyridine rings is 1. The number of hydrogen-bond acceptors (Lipinski definition) is 2. The highest BCUT2D eigenvalue weighted by molar-refractivity contribution is 9.10. The summed E-state index contributed by atoms with van der Waals surface area (Å²) in [6.45, 7) is 0. The standard InChI is InChI=1S/C16H10BrFN2O/c17-10-7-8-19-15(9-10)20-16(21)13-5-6-14(18)12-4-2-1-3-11(12)13/h1-9H,(H,19,20,21). The van der Waals surface area contributed by atoms with Crippen molar-refractivity contribution < 1.29 is 9.18 Å². The van der Waals surface area contributed by atoms with Crippen LogP contribution in [0.2, 0.25) is 0 Å². The zero-order valence-electron chi connectivity index (χ0n) is 10.8. The van der Waals surface area contributed by atoms with E-state index in [0.717, 1.165) is 4.47 Å². The number of aromatic nitrogens is 1. The second-order valence-corrected chi connectivity index (χ2v) is 5.37. The Labute approximate surface area is 128 Å². The minimum Gasteiger partial charge on any atom is -0.307 e. The van der Waals surface area contributed by atoms with Gasteiger partial charge < -0.3 is 5.32 Å². The molecule has 0 radical (unpaired) electrons. The Morgan fingerprint density at radius 2 is 1.86 bits per heavy atom. The number of carbonyl (C=O) groups excluding carboxylic acids is 1. The summed E-state index contributed by atoms with van der Waals surface area (Å²) in [5.74, 6) is -0.234. The Balaban J connectivity index is 2.01. The molecule has 0 aliphatic heterocycles. The first-order valence-electron chi connectivity index (χ1n) is 6.25. The molecule has 0 saturated carbocycles. The maximum atomic E-state index is 13.8. The van der Waals surface area contributed by atoms with Crippen molar-refractivity contribution in [3.63, 3.8) is 0 Å². The van der Waals surface area contributed by atoms with Crippen LogP contribution in [0.15, 0.2) is 59.2 Å². The van der Waals surface area contributed by atoms with Crippen LogP contribution in [0, 0.1) is 5.82 Å². The molecule has 3 nitrogen and oxygen atoms in total. The van der Waals surface area contributed by atoms with Crippen molar-refractivity contribution in [2.24, 2.45) is 0 Å². The van der Waals surface area contributed by atoms with E-state index in [1.54, 1.807) is 42.6 Å². The molecular formula is C16H10BrFN2O. The number of nitrogens with one attached hydrogen (secondary N) is 1. The topological polar surface area (TPSA) is 42.0 Å². The largest absolute Gasteiger partial charge is 0.307 e. The monoisotopic (exact) mass is 344 g/mol. The van der Waals surface area contributed by atoms with Gasteiger partial charge in [0.25, 0.3) is 5.91 Å². The molecule has 0 aliphatic carbocycles. The van der Waals surface area contributed by atoms with Gasteiger partial charge in [0.2, 0.25) is 0 Å². The van der Waals surface area contributed by atoms with E-state index in [9.17, 15) is 9.18 Å². The van der Waals surface area contributed by atoms with E-state index in [2.05, 4.69) is 26.2 Å². The Hall–Kier alpha value is -2.27. The second-order valence-electron chi connectivity index (χ2n) is 4.45. The van der Waals surface area contributed by atoms with Crippen molar-refractivity contribution in [1.29, 1.82) is 0 Å². The molecule has 1 amide bonds. The smallest absolute Gasteiger partial charge is 0.257 e. The van der Waals surface area contributed by atoms with Crippen molar-refractivity contribution >= 4 is 38.4 Å². The molecule has 1 aromatic heterocycles.